The SMILES string of the molecule is COc1cncc(C2(N)CCCC(C(C)C)CC2)c1. The van der Waals surface area contributed by atoms with Gasteiger partial charge in [0.15, 0.2) is 0 Å². The highest BCUT2D eigenvalue weighted by Gasteiger charge is 2.32. The quantitative estimate of drug-likeness (QED) is 0.848. The molecular formula is C16H26N2O. The Kier molecular flexibility index (Phi) is 4.46. The highest BCUT2D eigenvalue weighted by molar-refractivity contribution is 5.29. The van der Waals surface area contributed by atoms with Crippen LogP contribution in [0.5, 0.6) is 5.75 Å². The van der Waals surface area contributed by atoms with E-state index < -0.39 is 0 Å². The molecular weight excluding hydrogens is 236 g/mol. The molecule has 2 rings (SSSR count). The molecule has 0 bridgehead atoms. The molecule has 2 N–H and O–H groups in total. The van der Waals surface area contributed by atoms with Crippen LogP contribution in [-0.2, 0) is 5.54 Å². The summed E-state index contributed by atoms with van der Waals surface area (Å²) in [4.78, 5) is 4.26. The average molecular weight is 262 g/mol. The van der Waals surface area contributed by atoms with E-state index in [1.54, 1.807) is 13.3 Å². The van der Waals surface area contributed by atoms with E-state index in [-0.39, 0.29) is 5.54 Å². The van der Waals surface area contributed by atoms with E-state index >= 15 is 0 Å². The third-order valence-electron chi connectivity index (χ3n) is 4.63. The number of pyridine rings is 1. The van der Waals surface area contributed by atoms with Gasteiger partial charge in [-0.25, -0.2) is 0 Å². The van der Waals surface area contributed by atoms with Gasteiger partial charge in [0.1, 0.15) is 5.75 Å². The lowest BCUT2D eigenvalue weighted by molar-refractivity contribution is 0.324. The second kappa shape index (κ2) is 5.91. The van der Waals surface area contributed by atoms with Gasteiger partial charge in [-0.1, -0.05) is 26.7 Å². The fourth-order valence-corrected chi connectivity index (χ4v) is 3.15. The molecule has 1 aliphatic rings. The van der Waals surface area contributed by atoms with Crippen molar-refractivity contribution >= 4 is 0 Å². The molecule has 0 spiro atoms. The number of methoxy groups -OCH3 is 1. The first-order chi connectivity index (χ1) is 9.05. The molecule has 3 heteroatoms. The van der Waals surface area contributed by atoms with Crippen LogP contribution in [0.1, 0.15) is 51.5 Å². The van der Waals surface area contributed by atoms with E-state index in [0.29, 0.717) is 0 Å². The Labute approximate surface area is 116 Å². The van der Waals surface area contributed by atoms with E-state index in [1.165, 1.54) is 19.3 Å². The van der Waals surface area contributed by atoms with Gasteiger partial charge < -0.3 is 10.5 Å². The number of aromatic nitrogens is 1. The van der Waals surface area contributed by atoms with Gasteiger partial charge in [-0.2, -0.15) is 0 Å². The lowest BCUT2D eigenvalue weighted by atomic mass is 9.83. The van der Waals surface area contributed by atoms with E-state index in [1.807, 2.05) is 12.3 Å². The van der Waals surface area contributed by atoms with Crippen LogP contribution >= 0.6 is 0 Å². The molecule has 19 heavy (non-hydrogen) atoms. The Morgan fingerprint density at radius 3 is 2.79 bits per heavy atom. The molecule has 1 saturated carbocycles. The number of hydrogen-bond donors (Lipinski definition) is 1. The number of nitrogens with zero attached hydrogens (tertiary/aromatic N) is 1. The summed E-state index contributed by atoms with van der Waals surface area (Å²) in [5, 5.41) is 0. The Bertz CT molecular complexity index is 419. The van der Waals surface area contributed by atoms with Crippen LogP contribution in [-0.4, -0.2) is 12.1 Å². The van der Waals surface area contributed by atoms with Crippen molar-refractivity contribution in [3.8, 4) is 5.75 Å². The lowest BCUT2D eigenvalue weighted by Crippen LogP contribution is -2.36. The zero-order valence-corrected chi connectivity index (χ0v) is 12.4. The Hall–Kier alpha value is -1.09. The molecule has 0 radical (unpaired) electrons. The topological polar surface area (TPSA) is 48.1 Å². The van der Waals surface area contributed by atoms with Gasteiger partial charge in [0.2, 0.25) is 0 Å². The minimum absolute atomic E-state index is 0.231. The number of rotatable bonds is 3. The van der Waals surface area contributed by atoms with Crippen molar-refractivity contribution in [3.63, 3.8) is 0 Å². The fraction of sp³-hybridized carbons (Fsp3) is 0.688. The van der Waals surface area contributed by atoms with Gasteiger partial charge in [0.25, 0.3) is 0 Å². The summed E-state index contributed by atoms with van der Waals surface area (Å²) in [7, 11) is 1.67. The van der Waals surface area contributed by atoms with Crippen LogP contribution in [0.3, 0.4) is 0 Å². The van der Waals surface area contributed by atoms with E-state index in [0.717, 1.165) is 36.0 Å². The van der Waals surface area contributed by atoms with E-state index in [4.69, 9.17) is 10.5 Å². The molecule has 1 heterocycles. The van der Waals surface area contributed by atoms with E-state index in [2.05, 4.69) is 18.8 Å². The van der Waals surface area contributed by atoms with Crippen molar-refractivity contribution in [2.24, 2.45) is 17.6 Å². The minimum Gasteiger partial charge on any atom is -0.495 e. The molecule has 0 saturated heterocycles. The van der Waals surface area contributed by atoms with Crippen LogP contribution in [0.15, 0.2) is 18.5 Å². The summed E-state index contributed by atoms with van der Waals surface area (Å²) in [5.41, 5.74) is 7.56. The summed E-state index contributed by atoms with van der Waals surface area (Å²) in [6.07, 6.45) is 9.45. The fourth-order valence-electron chi connectivity index (χ4n) is 3.15. The van der Waals surface area contributed by atoms with Gasteiger partial charge >= 0.3 is 0 Å². The molecule has 0 amide bonds. The largest absolute Gasteiger partial charge is 0.495 e. The smallest absolute Gasteiger partial charge is 0.137 e. The van der Waals surface area contributed by atoms with Gasteiger partial charge in [-0.05, 0) is 42.7 Å². The zero-order valence-electron chi connectivity index (χ0n) is 12.4. The highest BCUT2D eigenvalue weighted by Crippen LogP contribution is 2.38. The highest BCUT2D eigenvalue weighted by atomic mass is 16.5. The normalized spacial score (nSPS) is 28.2. The maximum Gasteiger partial charge on any atom is 0.137 e. The van der Waals surface area contributed by atoms with Crippen LogP contribution in [0.25, 0.3) is 0 Å². The summed E-state index contributed by atoms with van der Waals surface area (Å²) in [6, 6.07) is 2.04. The van der Waals surface area contributed by atoms with Crippen molar-refractivity contribution in [2.75, 3.05) is 7.11 Å². The summed E-state index contributed by atoms with van der Waals surface area (Å²) in [6.45, 7) is 4.64. The second-order valence-corrected chi connectivity index (χ2v) is 6.20. The summed E-state index contributed by atoms with van der Waals surface area (Å²) < 4.78 is 5.26. The molecule has 0 aromatic carbocycles. The standard InChI is InChI=1S/C16H26N2O/c1-12(2)13-5-4-7-16(17,8-6-13)14-9-15(19-3)11-18-10-14/h9-13H,4-8,17H2,1-3H3. The number of hydrogen-bond acceptors (Lipinski definition) is 3. The molecule has 2 unspecified atom stereocenters. The van der Waals surface area contributed by atoms with Crippen LogP contribution in [0.2, 0.25) is 0 Å². The molecule has 1 fully saturated rings. The predicted molar refractivity (Wildman–Crippen MR) is 78.1 cm³/mol. The third kappa shape index (κ3) is 3.27. The maximum absolute atomic E-state index is 6.67. The predicted octanol–water partition coefficient (Wildman–Crippen LogP) is 3.48. The monoisotopic (exact) mass is 262 g/mol. The number of nitrogens with two attached hydrogens (primary N) is 1. The first-order valence-electron chi connectivity index (χ1n) is 7.33. The van der Waals surface area contributed by atoms with Crippen molar-refractivity contribution < 1.29 is 4.74 Å². The molecule has 106 valence electrons. The van der Waals surface area contributed by atoms with Crippen LogP contribution < -0.4 is 10.5 Å². The van der Waals surface area contributed by atoms with Gasteiger partial charge in [0.05, 0.1) is 13.3 Å². The van der Waals surface area contributed by atoms with Gasteiger partial charge in [-0.15, -0.1) is 0 Å². The van der Waals surface area contributed by atoms with Gasteiger partial charge in [0, 0.05) is 11.7 Å². The molecule has 3 nitrogen and oxygen atoms in total. The second-order valence-electron chi connectivity index (χ2n) is 6.20. The summed E-state index contributed by atoms with van der Waals surface area (Å²) >= 11 is 0. The number of ether oxygens (including phenoxy) is 1. The molecule has 2 atom stereocenters. The first kappa shape index (κ1) is 14.3. The maximum atomic E-state index is 6.67. The molecule has 1 aromatic heterocycles. The minimum atomic E-state index is -0.231. The van der Waals surface area contributed by atoms with Crippen LogP contribution in [0, 0.1) is 11.8 Å². The lowest BCUT2D eigenvalue weighted by Gasteiger charge is -2.29. The molecule has 1 aromatic rings. The summed E-state index contributed by atoms with van der Waals surface area (Å²) in [5.74, 6) is 2.36. The van der Waals surface area contributed by atoms with Crippen molar-refractivity contribution in [1.29, 1.82) is 0 Å². The Morgan fingerprint density at radius 1 is 1.32 bits per heavy atom. The Morgan fingerprint density at radius 2 is 2.11 bits per heavy atom. The van der Waals surface area contributed by atoms with E-state index in [9.17, 15) is 0 Å². The zero-order chi connectivity index (χ0) is 13.9. The third-order valence-corrected chi connectivity index (χ3v) is 4.63. The molecule has 1 aliphatic carbocycles. The first-order valence-corrected chi connectivity index (χ1v) is 7.33. The Balaban J connectivity index is 2.17. The van der Waals surface area contributed by atoms with Crippen LogP contribution in [0.4, 0.5) is 0 Å². The van der Waals surface area contributed by atoms with Crippen molar-refractivity contribution in [1.82, 2.24) is 4.98 Å². The molecule has 0 aliphatic heterocycles. The van der Waals surface area contributed by atoms with Crippen molar-refractivity contribution in [2.45, 2.75) is 51.5 Å². The van der Waals surface area contributed by atoms with Gasteiger partial charge in [-0.3, -0.25) is 4.98 Å². The van der Waals surface area contributed by atoms with Crippen molar-refractivity contribution in [3.05, 3.63) is 24.0 Å². The average Bonchev–Trinajstić information content (AvgIpc) is 2.62.